The van der Waals surface area contributed by atoms with E-state index in [9.17, 15) is 0 Å². The van der Waals surface area contributed by atoms with Crippen LogP contribution >= 0.6 is 12.2 Å². The van der Waals surface area contributed by atoms with E-state index in [0.717, 1.165) is 37.0 Å². The highest BCUT2D eigenvalue weighted by atomic mass is 32.1. The molecule has 1 N–H and O–H groups in total. The molecule has 0 aliphatic carbocycles. The van der Waals surface area contributed by atoms with E-state index < -0.39 is 0 Å². The van der Waals surface area contributed by atoms with Crippen molar-refractivity contribution in [2.75, 3.05) is 20.8 Å². The number of fused-ring (bicyclic) bond motifs is 1. The average Bonchev–Trinajstić information content (AvgIpc) is 2.82. The van der Waals surface area contributed by atoms with Crippen LogP contribution in [-0.4, -0.2) is 36.5 Å². The first-order valence-electron chi connectivity index (χ1n) is 7.19. The van der Waals surface area contributed by atoms with E-state index in [1.807, 2.05) is 12.1 Å². The third-order valence-electron chi connectivity index (χ3n) is 3.94. The molecule has 6 heteroatoms. The predicted octanol–water partition coefficient (Wildman–Crippen LogP) is 3.29. The minimum absolute atomic E-state index is 0.234. The Labute approximate surface area is 128 Å². The summed E-state index contributed by atoms with van der Waals surface area (Å²) in [6.07, 6.45) is 3.69. The van der Waals surface area contributed by atoms with Gasteiger partial charge in [-0.05, 0) is 31.5 Å². The van der Waals surface area contributed by atoms with Crippen LogP contribution in [0.3, 0.4) is 0 Å². The molecule has 1 fully saturated rings. The lowest BCUT2D eigenvalue weighted by Crippen LogP contribution is -2.24. The van der Waals surface area contributed by atoms with Crippen molar-refractivity contribution in [3.63, 3.8) is 0 Å². The highest BCUT2D eigenvalue weighted by Gasteiger charge is 2.17. The molecule has 1 saturated heterocycles. The maximum absolute atomic E-state index is 5.82. The Kier molecular flexibility index (Phi) is 4.17. The van der Waals surface area contributed by atoms with Gasteiger partial charge < -0.3 is 23.8 Å². The molecule has 0 amide bonds. The number of imidazole rings is 1. The Morgan fingerprint density at radius 3 is 2.71 bits per heavy atom. The van der Waals surface area contributed by atoms with E-state index in [4.69, 9.17) is 26.4 Å². The molecular formula is C15H20N2O3S. The van der Waals surface area contributed by atoms with E-state index in [1.165, 1.54) is 6.42 Å². The molecule has 0 spiro atoms. The number of nitrogens with zero attached hydrogens (tertiary/aromatic N) is 1. The molecule has 21 heavy (non-hydrogen) atoms. The van der Waals surface area contributed by atoms with E-state index in [2.05, 4.69) is 9.55 Å². The molecule has 0 radical (unpaired) electrons. The molecule has 1 unspecified atom stereocenters. The van der Waals surface area contributed by atoms with Gasteiger partial charge in [0.25, 0.3) is 0 Å². The van der Waals surface area contributed by atoms with Crippen LogP contribution in [0.5, 0.6) is 11.5 Å². The van der Waals surface area contributed by atoms with Crippen molar-refractivity contribution in [2.24, 2.45) is 0 Å². The molecule has 1 atom stereocenters. The van der Waals surface area contributed by atoms with Crippen LogP contribution in [0.4, 0.5) is 0 Å². The highest BCUT2D eigenvalue weighted by molar-refractivity contribution is 7.71. The fourth-order valence-corrected chi connectivity index (χ4v) is 3.10. The number of rotatable bonds is 4. The van der Waals surface area contributed by atoms with Crippen LogP contribution in [0, 0.1) is 4.77 Å². The summed E-state index contributed by atoms with van der Waals surface area (Å²) in [4.78, 5) is 3.23. The Balaban J connectivity index is 2.01. The number of H-pyrrole nitrogens is 1. The number of benzene rings is 1. The lowest BCUT2D eigenvalue weighted by Gasteiger charge is -2.23. The first kappa shape index (κ1) is 14.4. The normalized spacial score (nSPS) is 18.9. The van der Waals surface area contributed by atoms with Gasteiger partial charge in [0, 0.05) is 18.7 Å². The lowest BCUT2D eigenvalue weighted by molar-refractivity contribution is 0.00640. The Hall–Kier alpha value is -1.53. The molecule has 2 aromatic rings. The first-order valence-corrected chi connectivity index (χ1v) is 7.60. The molecule has 0 saturated carbocycles. The zero-order valence-corrected chi connectivity index (χ0v) is 13.2. The van der Waals surface area contributed by atoms with Gasteiger partial charge in [-0.15, -0.1) is 0 Å². The van der Waals surface area contributed by atoms with E-state index in [0.29, 0.717) is 16.3 Å². The van der Waals surface area contributed by atoms with Crippen molar-refractivity contribution in [1.82, 2.24) is 9.55 Å². The summed E-state index contributed by atoms with van der Waals surface area (Å²) in [5.74, 6) is 1.40. The topological polar surface area (TPSA) is 48.4 Å². The maximum atomic E-state index is 5.82. The Bertz CT molecular complexity index is 686. The van der Waals surface area contributed by atoms with Crippen molar-refractivity contribution >= 4 is 23.3 Å². The van der Waals surface area contributed by atoms with Gasteiger partial charge in [0.15, 0.2) is 16.3 Å². The van der Waals surface area contributed by atoms with Gasteiger partial charge in [-0.2, -0.15) is 0 Å². The van der Waals surface area contributed by atoms with Gasteiger partial charge >= 0.3 is 0 Å². The summed E-state index contributed by atoms with van der Waals surface area (Å²) in [6, 6.07) is 3.88. The zero-order valence-electron chi connectivity index (χ0n) is 12.3. The van der Waals surface area contributed by atoms with Gasteiger partial charge in [-0.1, -0.05) is 0 Å². The fraction of sp³-hybridized carbons (Fsp3) is 0.533. The molecule has 1 aromatic carbocycles. The second-order valence-electron chi connectivity index (χ2n) is 5.25. The monoisotopic (exact) mass is 308 g/mol. The zero-order chi connectivity index (χ0) is 14.8. The van der Waals surface area contributed by atoms with Gasteiger partial charge in [0.2, 0.25) is 0 Å². The van der Waals surface area contributed by atoms with Crippen molar-refractivity contribution < 1.29 is 14.2 Å². The minimum Gasteiger partial charge on any atom is -0.493 e. The molecule has 3 rings (SSSR count). The fourth-order valence-electron chi connectivity index (χ4n) is 2.82. The number of aromatic amines is 1. The number of methoxy groups -OCH3 is 2. The van der Waals surface area contributed by atoms with Gasteiger partial charge in [-0.25, -0.2) is 0 Å². The van der Waals surface area contributed by atoms with Crippen molar-refractivity contribution in [1.29, 1.82) is 0 Å². The number of aromatic nitrogens is 2. The Morgan fingerprint density at radius 2 is 2.05 bits per heavy atom. The predicted molar refractivity (Wildman–Crippen MR) is 83.8 cm³/mol. The third kappa shape index (κ3) is 2.78. The van der Waals surface area contributed by atoms with Crippen molar-refractivity contribution in [2.45, 2.75) is 31.9 Å². The van der Waals surface area contributed by atoms with Crippen molar-refractivity contribution in [3.8, 4) is 11.5 Å². The van der Waals surface area contributed by atoms with Gasteiger partial charge in [0.05, 0.1) is 37.9 Å². The molecule has 5 nitrogen and oxygen atoms in total. The van der Waals surface area contributed by atoms with Crippen LogP contribution in [0.25, 0.3) is 11.0 Å². The van der Waals surface area contributed by atoms with E-state index in [1.54, 1.807) is 14.2 Å². The van der Waals surface area contributed by atoms with Crippen LogP contribution in [-0.2, 0) is 11.3 Å². The number of hydrogen-bond donors (Lipinski definition) is 1. The highest BCUT2D eigenvalue weighted by Crippen LogP contribution is 2.32. The van der Waals surface area contributed by atoms with Crippen molar-refractivity contribution in [3.05, 3.63) is 16.9 Å². The van der Waals surface area contributed by atoms with E-state index in [-0.39, 0.29) is 6.10 Å². The summed E-state index contributed by atoms with van der Waals surface area (Å²) in [5, 5.41) is 0. The first-order chi connectivity index (χ1) is 10.2. The molecular weight excluding hydrogens is 288 g/mol. The van der Waals surface area contributed by atoms with Crippen LogP contribution < -0.4 is 9.47 Å². The lowest BCUT2D eigenvalue weighted by atomic mass is 10.1. The van der Waals surface area contributed by atoms with Crippen LogP contribution in [0.2, 0.25) is 0 Å². The molecule has 114 valence electrons. The summed E-state index contributed by atoms with van der Waals surface area (Å²) in [7, 11) is 3.27. The van der Waals surface area contributed by atoms with Gasteiger partial charge in [-0.3, -0.25) is 0 Å². The summed E-state index contributed by atoms with van der Waals surface area (Å²) in [5.41, 5.74) is 1.97. The standard InChI is InChI=1S/C15H20N2O3S/c1-18-13-7-11-12(8-14(13)19-2)17(15(21)16-11)9-10-5-3-4-6-20-10/h7-8,10H,3-6,9H2,1-2H3,(H,16,21). The third-order valence-corrected chi connectivity index (χ3v) is 4.26. The minimum atomic E-state index is 0.234. The smallest absolute Gasteiger partial charge is 0.178 e. The second kappa shape index (κ2) is 6.07. The summed E-state index contributed by atoms with van der Waals surface area (Å²) >= 11 is 5.45. The summed E-state index contributed by atoms with van der Waals surface area (Å²) in [6.45, 7) is 1.62. The van der Waals surface area contributed by atoms with Crippen LogP contribution in [0.1, 0.15) is 19.3 Å². The SMILES string of the molecule is COc1cc2[nH]c(=S)n(CC3CCCCO3)c2cc1OC. The number of nitrogens with one attached hydrogen (secondary N) is 1. The Morgan fingerprint density at radius 1 is 1.29 bits per heavy atom. The molecule has 2 heterocycles. The van der Waals surface area contributed by atoms with Gasteiger partial charge in [0.1, 0.15) is 0 Å². The summed E-state index contributed by atoms with van der Waals surface area (Å²) < 4.78 is 19.3. The quantitative estimate of drug-likeness (QED) is 0.881. The second-order valence-corrected chi connectivity index (χ2v) is 5.64. The molecule has 1 aliphatic heterocycles. The molecule has 1 aliphatic rings. The number of ether oxygens (including phenoxy) is 3. The largest absolute Gasteiger partial charge is 0.493 e. The maximum Gasteiger partial charge on any atom is 0.178 e. The van der Waals surface area contributed by atoms with Crippen LogP contribution in [0.15, 0.2) is 12.1 Å². The van der Waals surface area contributed by atoms with E-state index >= 15 is 0 Å². The molecule has 1 aromatic heterocycles. The average molecular weight is 308 g/mol. The number of hydrogen-bond acceptors (Lipinski definition) is 4. The molecule has 0 bridgehead atoms.